The van der Waals surface area contributed by atoms with E-state index >= 15 is 0 Å². The summed E-state index contributed by atoms with van der Waals surface area (Å²) in [7, 11) is 0. The number of benzene rings is 2. The van der Waals surface area contributed by atoms with Crippen molar-refractivity contribution in [3.8, 4) is 0 Å². The maximum Gasteiger partial charge on any atom is 0.240 e. The summed E-state index contributed by atoms with van der Waals surface area (Å²) in [4.78, 5) is 11.8. The van der Waals surface area contributed by atoms with Gasteiger partial charge < -0.3 is 11.1 Å². The van der Waals surface area contributed by atoms with E-state index in [1.807, 2.05) is 66.0 Å². The molecule has 3 N–H and O–H groups in total. The highest BCUT2D eigenvalue weighted by Gasteiger charge is 2.20. The number of amides is 1. The monoisotopic (exact) mass is 344 g/mol. The fraction of sp³-hybridized carbons (Fsp3) is 0.278. The minimum absolute atomic E-state index is 0.330. The van der Waals surface area contributed by atoms with Gasteiger partial charge in [0.25, 0.3) is 0 Å². The molecule has 0 saturated carbocycles. The Kier molecular flexibility index (Phi) is 5.51. The maximum atomic E-state index is 11.8. The lowest BCUT2D eigenvalue weighted by molar-refractivity contribution is -0.118. The van der Waals surface area contributed by atoms with Crippen molar-refractivity contribution in [2.45, 2.75) is 17.0 Å². The smallest absolute Gasteiger partial charge is 0.240 e. The second kappa shape index (κ2) is 7.79. The van der Waals surface area contributed by atoms with E-state index in [4.69, 9.17) is 5.73 Å². The van der Waals surface area contributed by atoms with E-state index in [1.54, 1.807) is 0 Å². The van der Waals surface area contributed by atoms with E-state index < -0.39 is 6.04 Å². The predicted octanol–water partition coefficient (Wildman–Crippen LogP) is 3.67. The van der Waals surface area contributed by atoms with Gasteiger partial charge in [-0.3, -0.25) is 4.79 Å². The molecule has 1 atom stereocenters. The Morgan fingerprint density at radius 1 is 1.13 bits per heavy atom. The lowest BCUT2D eigenvalue weighted by Gasteiger charge is -2.18. The van der Waals surface area contributed by atoms with Crippen LogP contribution in [0.15, 0.2) is 54.6 Å². The Morgan fingerprint density at radius 2 is 1.87 bits per heavy atom. The topological polar surface area (TPSA) is 55.1 Å². The van der Waals surface area contributed by atoms with Gasteiger partial charge in [-0.1, -0.05) is 42.5 Å². The van der Waals surface area contributed by atoms with Crippen molar-refractivity contribution in [3.63, 3.8) is 0 Å². The zero-order valence-electron chi connectivity index (χ0n) is 12.8. The maximum absolute atomic E-state index is 11.8. The van der Waals surface area contributed by atoms with Crippen LogP contribution in [-0.2, 0) is 11.2 Å². The fourth-order valence-corrected chi connectivity index (χ4v) is 5.44. The van der Waals surface area contributed by atoms with Crippen molar-refractivity contribution in [1.29, 1.82) is 0 Å². The van der Waals surface area contributed by atoms with E-state index in [9.17, 15) is 4.79 Å². The predicted molar refractivity (Wildman–Crippen MR) is 101 cm³/mol. The molecular weight excluding hydrogens is 324 g/mol. The summed E-state index contributed by atoms with van der Waals surface area (Å²) >= 11 is 3.95. The van der Waals surface area contributed by atoms with Gasteiger partial charge in [-0.05, 0) is 23.3 Å². The van der Waals surface area contributed by atoms with Crippen LogP contribution in [0.2, 0.25) is 0 Å². The lowest BCUT2D eigenvalue weighted by Crippen LogP contribution is -2.37. The van der Waals surface area contributed by atoms with Crippen LogP contribution < -0.4 is 11.1 Å². The molecule has 1 fully saturated rings. The molecule has 2 aromatic rings. The Hall–Kier alpha value is -1.59. The zero-order chi connectivity index (χ0) is 16.1. The molecule has 3 nitrogen and oxygen atoms in total. The Balaban J connectivity index is 1.72. The number of hydrogen-bond acceptors (Lipinski definition) is 4. The highest BCUT2D eigenvalue weighted by molar-refractivity contribution is 8.19. The summed E-state index contributed by atoms with van der Waals surface area (Å²) in [6.07, 6.45) is 0.591. The number of anilines is 1. The Labute approximate surface area is 145 Å². The van der Waals surface area contributed by atoms with Gasteiger partial charge in [0, 0.05) is 23.6 Å². The zero-order valence-corrected chi connectivity index (χ0v) is 14.4. The molecule has 5 heteroatoms. The normalized spacial score (nSPS) is 16.2. The van der Waals surface area contributed by atoms with Gasteiger partial charge >= 0.3 is 0 Å². The van der Waals surface area contributed by atoms with Crippen molar-refractivity contribution >= 4 is 35.1 Å². The van der Waals surface area contributed by atoms with Crippen LogP contribution in [0, 0.1) is 0 Å². The number of carbonyl (C=O) groups excluding carboxylic acids is 1. The van der Waals surface area contributed by atoms with Gasteiger partial charge in [0.2, 0.25) is 5.91 Å². The van der Waals surface area contributed by atoms with E-state index in [2.05, 4.69) is 17.4 Å². The SMILES string of the molecule is NC(=O)C(Cc1ccccc1)Nc1cccc(C2SCCS2)c1. The largest absolute Gasteiger partial charge is 0.373 e. The average molecular weight is 345 g/mol. The van der Waals surface area contributed by atoms with Crippen LogP contribution in [0.4, 0.5) is 5.69 Å². The quantitative estimate of drug-likeness (QED) is 0.839. The van der Waals surface area contributed by atoms with Crippen LogP contribution in [0.25, 0.3) is 0 Å². The summed E-state index contributed by atoms with van der Waals surface area (Å²) in [6, 6.07) is 17.9. The summed E-state index contributed by atoms with van der Waals surface area (Å²) in [6.45, 7) is 0. The van der Waals surface area contributed by atoms with E-state index in [0.717, 1.165) is 11.3 Å². The first-order valence-corrected chi connectivity index (χ1v) is 9.75. The molecule has 0 bridgehead atoms. The molecule has 1 aliphatic rings. The lowest BCUT2D eigenvalue weighted by atomic mass is 10.0. The average Bonchev–Trinajstić information content (AvgIpc) is 3.10. The number of thioether (sulfide) groups is 2. The third-order valence-corrected chi connectivity index (χ3v) is 6.85. The minimum Gasteiger partial charge on any atom is -0.373 e. The van der Waals surface area contributed by atoms with Gasteiger partial charge in [-0.25, -0.2) is 0 Å². The van der Waals surface area contributed by atoms with Crippen molar-refractivity contribution in [2.24, 2.45) is 5.73 Å². The van der Waals surface area contributed by atoms with Crippen molar-refractivity contribution in [2.75, 3.05) is 16.8 Å². The molecule has 0 spiro atoms. The molecule has 1 unspecified atom stereocenters. The van der Waals surface area contributed by atoms with Gasteiger partial charge in [-0.2, -0.15) is 0 Å². The molecule has 23 heavy (non-hydrogen) atoms. The molecule has 0 radical (unpaired) electrons. The van der Waals surface area contributed by atoms with E-state index in [1.165, 1.54) is 17.1 Å². The van der Waals surface area contributed by atoms with Crippen LogP contribution in [0.3, 0.4) is 0 Å². The fourth-order valence-electron chi connectivity index (χ4n) is 2.60. The molecule has 1 saturated heterocycles. The summed E-state index contributed by atoms with van der Waals surface area (Å²) in [5, 5.41) is 3.30. The first kappa shape index (κ1) is 16.3. The van der Waals surface area contributed by atoms with Crippen molar-refractivity contribution in [3.05, 3.63) is 65.7 Å². The Morgan fingerprint density at radius 3 is 2.57 bits per heavy atom. The number of nitrogens with one attached hydrogen (secondary N) is 1. The van der Waals surface area contributed by atoms with E-state index in [0.29, 0.717) is 11.0 Å². The van der Waals surface area contributed by atoms with Gasteiger partial charge in [0.05, 0.1) is 4.58 Å². The molecule has 1 amide bonds. The summed E-state index contributed by atoms with van der Waals surface area (Å²) in [5.74, 6) is 2.07. The molecule has 1 heterocycles. The molecule has 120 valence electrons. The molecule has 3 rings (SSSR count). The summed E-state index contributed by atoms with van der Waals surface area (Å²) in [5.41, 5.74) is 8.93. The van der Waals surface area contributed by atoms with Gasteiger partial charge in [0.1, 0.15) is 6.04 Å². The third-order valence-electron chi connectivity index (χ3n) is 3.75. The van der Waals surface area contributed by atoms with Crippen LogP contribution in [-0.4, -0.2) is 23.5 Å². The minimum atomic E-state index is -0.406. The molecule has 1 aliphatic heterocycles. The van der Waals surface area contributed by atoms with Crippen LogP contribution in [0.1, 0.15) is 15.7 Å². The van der Waals surface area contributed by atoms with E-state index in [-0.39, 0.29) is 5.91 Å². The standard InChI is InChI=1S/C18H20N2OS2/c19-17(21)16(11-13-5-2-1-3-6-13)20-15-8-4-7-14(12-15)18-22-9-10-23-18/h1-8,12,16,18,20H,9-11H2,(H2,19,21). The van der Waals surface area contributed by atoms with Crippen LogP contribution >= 0.6 is 23.5 Å². The number of rotatable bonds is 6. The second-order valence-electron chi connectivity index (χ2n) is 5.49. The van der Waals surface area contributed by atoms with Gasteiger partial charge in [-0.15, -0.1) is 23.5 Å². The number of hydrogen-bond donors (Lipinski definition) is 2. The van der Waals surface area contributed by atoms with Crippen LogP contribution in [0.5, 0.6) is 0 Å². The van der Waals surface area contributed by atoms with Crippen molar-refractivity contribution in [1.82, 2.24) is 0 Å². The number of nitrogens with two attached hydrogens (primary N) is 1. The summed E-state index contributed by atoms with van der Waals surface area (Å²) < 4.78 is 0.498. The highest BCUT2D eigenvalue weighted by Crippen LogP contribution is 2.45. The first-order valence-electron chi connectivity index (χ1n) is 7.65. The highest BCUT2D eigenvalue weighted by atomic mass is 32.2. The number of carbonyl (C=O) groups is 1. The third kappa shape index (κ3) is 4.45. The van der Waals surface area contributed by atoms with Crippen molar-refractivity contribution < 1.29 is 4.79 Å². The van der Waals surface area contributed by atoms with Gasteiger partial charge in [0.15, 0.2) is 0 Å². The molecule has 2 aromatic carbocycles. The molecule has 0 aromatic heterocycles. The molecular formula is C18H20N2OS2. The second-order valence-corrected chi connectivity index (χ2v) is 8.21. The first-order chi connectivity index (χ1) is 11.2. The Bertz CT molecular complexity index is 657. The molecule has 0 aliphatic carbocycles. The number of primary amides is 1.